The van der Waals surface area contributed by atoms with Crippen molar-refractivity contribution in [1.29, 1.82) is 0 Å². The number of hydrogen-bond donors (Lipinski definition) is 1. The zero-order valence-corrected chi connectivity index (χ0v) is 8.62. The summed E-state index contributed by atoms with van der Waals surface area (Å²) in [6.07, 6.45) is 5.98. The Morgan fingerprint density at radius 2 is 2.07 bits per heavy atom. The van der Waals surface area contributed by atoms with Crippen molar-refractivity contribution >= 4 is 6.03 Å². The van der Waals surface area contributed by atoms with E-state index in [9.17, 15) is 4.79 Å². The molecule has 0 aromatic carbocycles. The fraction of sp³-hybridized carbons (Fsp3) is 0.700. The fourth-order valence-corrected chi connectivity index (χ4v) is 1.56. The molecule has 1 heterocycles. The minimum Gasteiger partial charge on any atom is -0.341 e. The lowest BCUT2D eigenvalue weighted by Crippen LogP contribution is -2.51. The van der Waals surface area contributed by atoms with Crippen LogP contribution in [0.15, 0.2) is 0 Å². The maximum atomic E-state index is 11.3. The molecule has 1 aliphatic heterocycles. The molecule has 0 bridgehead atoms. The van der Waals surface area contributed by atoms with Gasteiger partial charge in [-0.05, 0) is 0 Å². The summed E-state index contributed by atoms with van der Waals surface area (Å²) in [6, 6.07) is 0.0154. The Kier molecular flexibility index (Phi) is 4.27. The monoisotopic (exact) mass is 195 g/mol. The highest BCUT2D eigenvalue weighted by Gasteiger charge is 2.19. The topological polar surface area (TPSA) is 35.6 Å². The van der Waals surface area contributed by atoms with E-state index >= 15 is 0 Å². The molecule has 0 aromatic heterocycles. The van der Waals surface area contributed by atoms with Gasteiger partial charge in [-0.15, -0.1) is 12.3 Å². The Bertz CT molecular complexity index is 226. The Morgan fingerprint density at radius 1 is 1.43 bits per heavy atom. The first-order valence-corrected chi connectivity index (χ1v) is 4.90. The first kappa shape index (κ1) is 10.9. The molecule has 1 rings (SSSR count). The van der Waals surface area contributed by atoms with Gasteiger partial charge in [0.1, 0.15) is 0 Å². The van der Waals surface area contributed by atoms with E-state index in [0.29, 0.717) is 0 Å². The standard InChI is InChI=1S/C10H17N3O/c1-3-4-5-12-6-8-13(9-7-12)10(14)11-2/h1H,4-9H2,2H3,(H,11,14). The first-order valence-electron chi connectivity index (χ1n) is 4.90. The molecule has 1 N–H and O–H groups in total. The van der Waals surface area contributed by atoms with Crippen LogP contribution in [-0.2, 0) is 0 Å². The molecular weight excluding hydrogens is 178 g/mol. The molecule has 4 nitrogen and oxygen atoms in total. The molecule has 0 atom stereocenters. The Hall–Kier alpha value is -1.21. The number of terminal acetylenes is 1. The molecule has 78 valence electrons. The van der Waals surface area contributed by atoms with Gasteiger partial charge in [-0.25, -0.2) is 4.79 Å². The number of urea groups is 1. The van der Waals surface area contributed by atoms with Crippen LogP contribution in [0.2, 0.25) is 0 Å². The van der Waals surface area contributed by atoms with E-state index in [2.05, 4.69) is 16.1 Å². The number of nitrogens with zero attached hydrogens (tertiary/aromatic N) is 2. The number of rotatable bonds is 2. The van der Waals surface area contributed by atoms with Crippen LogP contribution in [0.1, 0.15) is 6.42 Å². The molecule has 0 saturated carbocycles. The third-order valence-electron chi connectivity index (χ3n) is 2.45. The van der Waals surface area contributed by atoms with E-state index < -0.39 is 0 Å². The van der Waals surface area contributed by atoms with E-state index in [4.69, 9.17) is 6.42 Å². The Balaban J connectivity index is 2.25. The van der Waals surface area contributed by atoms with Crippen molar-refractivity contribution < 1.29 is 4.79 Å². The third-order valence-corrected chi connectivity index (χ3v) is 2.45. The van der Waals surface area contributed by atoms with Crippen molar-refractivity contribution in [3.05, 3.63) is 0 Å². The van der Waals surface area contributed by atoms with Crippen LogP contribution in [0.4, 0.5) is 4.79 Å². The first-order chi connectivity index (χ1) is 6.77. The van der Waals surface area contributed by atoms with Gasteiger partial charge >= 0.3 is 6.03 Å². The van der Waals surface area contributed by atoms with E-state index in [1.54, 1.807) is 7.05 Å². The van der Waals surface area contributed by atoms with Gasteiger partial charge in [0.05, 0.1) is 0 Å². The number of hydrogen-bond acceptors (Lipinski definition) is 2. The predicted octanol–water partition coefficient (Wildman–Crippen LogP) is -0.0333. The van der Waals surface area contributed by atoms with Crippen LogP contribution >= 0.6 is 0 Å². The van der Waals surface area contributed by atoms with Gasteiger partial charge in [0.15, 0.2) is 0 Å². The number of amides is 2. The normalized spacial score (nSPS) is 17.6. The zero-order valence-electron chi connectivity index (χ0n) is 8.62. The van der Waals surface area contributed by atoms with E-state index in [1.165, 1.54) is 0 Å². The molecule has 0 spiro atoms. The highest BCUT2D eigenvalue weighted by molar-refractivity contribution is 5.73. The molecule has 0 aromatic rings. The quantitative estimate of drug-likeness (QED) is 0.628. The van der Waals surface area contributed by atoms with Crippen molar-refractivity contribution in [3.63, 3.8) is 0 Å². The number of nitrogens with one attached hydrogen (secondary N) is 1. The van der Waals surface area contributed by atoms with Gasteiger partial charge in [0, 0.05) is 46.2 Å². The maximum absolute atomic E-state index is 11.3. The minimum atomic E-state index is 0.0154. The lowest BCUT2D eigenvalue weighted by Gasteiger charge is -2.34. The van der Waals surface area contributed by atoms with Gasteiger partial charge in [-0.1, -0.05) is 0 Å². The van der Waals surface area contributed by atoms with Gasteiger partial charge in [-0.3, -0.25) is 4.90 Å². The van der Waals surface area contributed by atoms with Crippen LogP contribution in [0.5, 0.6) is 0 Å². The Morgan fingerprint density at radius 3 is 2.57 bits per heavy atom. The summed E-state index contributed by atoms with van der Waals surface area (Å²) in [5, 5.41) is 2.63. The summed E-state index contributed by atoms with van der Waals surface area (Å²) in [5.74, 6) is 2.63. The smallest absolute Gasteiger partial charge is 0.317 e. The molecule has 1 aliphatic rings. The van der Waals surface area contributed by atoms with E-state index in [-0.39, 0.29) is 6.03 Å². The summed E-state index contributed by atoms with van der Waals surface area (Å²) >= 11 is 0. The molecule has 0 aliphatic carbocycles. The van der Waals surface area contributed by atoms with Crippen molar-refractivity contribution in [2.75, 3.05) is 39.8 Å². The summed E-state index contributed by atoms with van der Waals surface area (Å²) in [5.41, 5.74) is 0. The Labute approximate surface area is 85.2 Å². The van der Waals surface area contributed by atoms with Crippen molar-refractivity contribution in [2.24, 2.45) is 0 Å². The SMILES string of the molecule is C#CCCN1CCN(C(=O)NC)CC1. The van der Waals surface area contributed by atoms with Gasteiger partial charge < -0.3 is 10.2 Å². The molecule has 0 radical (unpaired) electrons. The number of carbonyl (C=O) groups excluding carboxylic acids is 1. The van der Waals surface area contributed by atoms with Crippen LogP contribution in [-0.4, -0.2) is 55.6 Å². The lowest BCUT2D eigenvalue weighted by atomic mass is 10.3. The van der Waals surface area contributed by atoms with E-state index in [1.807, 2.05) is 4.90 Å². The molecule has 1 fully saturated rings. The van der Waals surface area contributed by atoms with Gasteiger partial charge in [-0.2, -0.15) is 0 Å². The molecule has 1 saturated heterocycles. The minimum absolute atomic E-state index is 0.0154. The molecule has 2 amide bonds. The van der Waals surface area contributed by atoms with Crippen molar-refractivity contribution in [3.8, 4) is 12.3 Å². The molecule has 4 heteroatoms. The predicted molar refractivity (Wildman–Crippen MR) is 55.9 cm³/mol. The van der Waals surface area contributed by atoms with Crippen molar-refractivity contribution in [1.82, 2.24) is 15.1 Å². The molecule has 14 heavy (non-hydrogen) atoms. The zero-order chi connectivity index (χ0) is 10.4. The van der Waals surface area contributed by atoms with Crippen LogP contribution in [0.3, 0.4) is 0 Å². The highest BCUT2D eigenvalue weighted by atomic mass is 16.2. The van der Waals surface area contributed by atoms with Crippen LogP contribution in [0.25, 0.3) is 0 Å². The second kappa shape index (κ2) is 5.51. The van der Waals surface area contributed by atoms with Crippen LogP contribution in [0, 0.1) is 12.3 Å². The average molecular weight is 195 g/mol. The van der Waals surface area contributed by atoms with Gasteiger partial charge in [0.2, 0.25) is 0 Å². The van der Waals surface area contributed by atoms with E-state index in [0.717, 1.165) is 39.1 Å². The van der Waals surface area contributed by atoms with Gasteiger partial charge in [0.25, 0.3) is 0 Å². The fourth-order valence-electron chi connectivity index (χ4n) is 1.56. The van der Waals surface area contributed by atoms with Crippen LogP contribution < -0.4 is 5.32 Å². The largest absolute Gasteiger partial charge is 0.341 e. The molecular formula is C10H17N3O. The second-order valence-corrected chi connectivity index (χ2v) is 3.34. The second-order valence-electron chi connectivity index (χ2n) is 3.34. The average Bonchev–Trinajstić information content (AvgIpc) is 2.26. The summed E-state index contributed by atoms with van der Waals surface area (Å²) in [6.45, 7) is 4.39. The number of carbonyl (C=O) groups is 1. The summed E-state index contributed by atoms with van der Waals surface area (Å²) < 4.78 is 0. The molecule has 0 unspecified atom stereocenters. The highest BCUT2D eigenvalue weighted by Crippen LogP contribution is 2.02. The summed E-state index contributed by atoms with van der Waals surface area (Å²) in [7, 11) is 1.66. The maximum Gasteiger partial charge on any atom is 0.317 e. The van der Waals surface area contributed by atoms with Crippen molar-refractivity contribution in [2.45, 2.75) is 6.42 Å². The number of piperazine rings is 1. The third kappa shape index (κ3) is 2.93. The summed E-state index contributed by atoms with van der Waals surface area (Å²) in [4.78, 5) is 15.4. The lowest BCUT2D eigenvalue weighted by molar-refractivity contribution is 0.142.